The maximum Gasteiger partial charge on any atom is 0.239 e. The Morgan fingerprint density at radius 2 is 1.76 bits per heavy atom. The quantitative estimate of drug-likeness (QED) is 0.175. The van der Waals surface area contributed by atoms with E-state index in [2.05, 4.69) is 14.9 Å². The average molecular weight is 620 g/mol. The predicted octanol–water partition coefficient (Wildman–Crippen LogP) is 6.99. The van der Waals surface area contributed by atoms with Gasteiger partial charge in [0.15, 0.2) is 0 Å². The van der Waals surface area contributed by atoms with Crippen LogP contribution in [0.3, 0.4) is 0 Å². The Hall–Kier alpha value is -3.34. The summed E-state index contributed by atoms with van der Waals surface area (Å²) >= 11 is 8.06. The molecule has 1 fully saturated rings. The molecule has 2 N–H and O–H groups in total. The second-order valence-electron chi connectivity index (χ2n) is 11.0. The van der Waals surface area contributed by atoms with Crippen LogP contribution in [0.4, 0.5) is 0 Å². The lowest BCUT2D eigenvalue weighted by Crippen LogP contribution is -2.31. The number of aliphatic hydroxyl groups is 1. The minimum absolute atomic E-state index is 0.266. The van der Waals surface area contributed by atoms with Gasteiger partial charge in [-0.3, -0.25) is 0 Å². The molecule has 10 heteroatoms. The van der Waals surface area contributed by atoms with Gasteiger partial charge in [0.1, 0.15) is 6.61 Å². The van der Waals surface area contributed by atoms with Crippen molar-refractivity contribution in [3.8, 4) is 17.1 Å². The molecule has 3 aromatic carbocycles. The topological polar surface area (TPSA) is 101 Å². The van der Waals surface area contributed by atoms with Gasteiger partial charge in [0.05, 0.1) is 22.6 Å². The summed E-state index contributed by atoms with van der Waals surface area (Å²) in [4.78, 5) is 0.813. The molecule has 0 spiro atoms. The third-order valence-electron chi connectivity index (χ3n) is 7.22. The van der Waals surface area contributed by atoms with E-state index in [1.165, 1.54) is 11.3 Å². The molecule has 0 unspecified atom stereocenters. The van der Waals surface area contributed by atoms with Crippen LogP contribution in [0, 0.1) is 0 Å². The van der Waals surface area contributed by atoms with Gasteiger partial charge in [-0.25, -0.2) is 13.1 Å². The normalized spacial score (nSPS) is 14.7. The first-order chi connectivity index (χ1) is 20.1. The van der Waals surface area contributed by atoms with Crippen molar-refractivity contribution >= 4 is 43.0 Å². The smallest absolute Gasteiger partial charge is 0.239 e. The van der Waals surface area contributed by atoms with Gasteiger partial charge in [0.2, 0.25) is 15.9 Å². The molecule has 0 aliphatic heterocycles. The van der Waals surface area contributed by atoms with Crippen LogP contribution in [-0.4, -0.2) is 29.0 Å². The van der Waals surface area contributed by atoms with Gasteiger partial charge < -0.3 is 9.84 Å². The highest BCUT2D eigenvalue weighted by Gasteiger charge is 2.38. The highest BCUT2D eigenvalue weighted by Crippen LogP contribution is 2.42. The number of halogens is 1. The van der Waals surface area contributed by atoms with Crippen LogP contribution < -0.4 is 9.46 Å². The number of aromatic nitrogens is 2. The number of nitrogens with zero attached hydrogens (tertiary/aromatic N) is 2. The van der Waals surface area contributed by atoms with Crippen molar-refractivity contribution in [2.24, 2.45) is 0 Å². The van der Waals surface area contributed by atoms with E-state index in [1.54, 1.807) is 19.9 Å². The first-order valence-corrected chi connectivity index (χ1v) is 16.4. The van der Waals surface area contributed by atoms with Crippen LogP contribution in [0.2, 0.25) is 5.02 Å². The van der Waals surface area contributed by atoms with E-state index >= 15 is 0 Å². The molecule has 5 aromatic rings. The predicted molar refractivity (Wildman–Crippen MR) is 167 cm³/mol. The summed E-state index contributed by atoms with van der Waals surface area (Å²) in [7, 11) is -3.52. The summed E-state index contributed by atoms with van der Waals surface area (Å²) in [5.41, 5.74) is 2.35. The lowest BCUT2D eigenvalue weighted by Gasteiger charge is -2.21. The van der Waals surface area contributed by atoms with Gasteiger partial charge in [0, 0.05) is 25.7 Å². The fourth-order valence-corrected chi connectivity index (χ4v) is 7.94. The molecule has 0 radical (unpaired) electrons. The molecule has 2 aromatic heterocycles. The standard InChI is InChI=1S/C32H30ClN3O4S2/c1-32(2,37)25-18-27(34-35-31(25)40-19-20-9-4-3-5-10-20)24-13-8-11-21-17-28(41-30(21)24)29(23-12-6-7-14-26(23)33)36-42(38,39)22-15-16-22/h3-14,17-18,22,29,36-37H,15-16,19H2,1-2H3/t29-/m1/s1. The number of benzene rings is 3. The van der Waals surface area contributed by atoms with Crippen LogP contribution in [0.25, 0.3) is 21.3 Å². The van der Waals surface area contributed by atoms with E-state index in [-0.39, 0.29) is 11.1 Å². The summed E-state index contributed by atoms with van der Waals surface area (Å²) in [6, 6.07) is 26.1. The maximum atomic E-state index is 13.1. The second kappa shape index (κ2) is 11.4. The summed E-state index contributed by atoms with van der Waals surface area (Å²) in [5, 5.41) is 20.9. The van der Waals surface area contributed by atoms with Crippen LogP contribution in [0.5, 0.6) is 5.88 Å². The van der Waals surface area contributed by atoms with Crippen molar-refractivity contribution in [3.05, 3.63) is 112 Å². The van der Waals surface area contributed by atoms with E-state index in [9.17, 15) is 13.5 Å². The Labute approximate surface area is 254 Å². The van der Waals surface area contributed by atoms with Gasteiger partial charge in [0.25, 0.3) is 0 Å². The number of hydrogen-bond acceptors (Lipinski definition) is 7. The van der Waals surface area contributed by atoms with Gasteiger partial charge in [-0.15, -0.1) is 21.5 Å². The second-order valence-corrected chi connectivity index (χ2v) is 14.5. The van der Waals surface area contributed by atoms with Crippen molar-refractivity contribution in [2.45, 2.75) is 50.2 Å². The Balaban J connectivity index is 1.40. The first kappa shape index (κ1) is 28.8. The van der Waals surface area contributed by atoms with Gasteiger partial charge in [-0.1, -0.05) is 78.3 Å². The maximum absolute atomic E-state index is 13.1. The molecular weight excluding hydrogens is 590 g/mol. The Morgan fingerprint density at radius 3 is 2.48 bits per heavy atom. The van der Waals surface area contributed by atoms with Gasteiger partial charge in [-0.2, -0.15) is 0 Å². The van der Waals surface area contributed by atoms with Crippen molar-refractivity contribution in [1.82, 2.24) is 14.9 Å². The molecule has 216 valence electrons. The molecule has 7 nitrogen and oxygen atoms in total. The van der Waals surface area contributed by atoms with E-state index in [4.69, 9.17) is 16.3 Å². The Kier molecular flexibility index (Phi) is 7.80. The van der Waals surface area contributed by atoms with Crippen molar-refractivity contribution in [3.63, 3.8) is 0 Å². The average Bonchev–Trinajstić information content (AvgIpc) is 3.75. The minimum Gasteiger partial charge on any atom is -0.471 e. The number of hydrogen-bond donors (Lipinski definition) is 2. The molecule has 1 atom stereocenters. The highest BCUT2D eigenvalue weighted by atomic mass is 35.5. The lowest BCUT2D eigenvalue weighted by atomic mass is 9.97. The van der Waals surface area contributed by atoms with Crippen molar-refractivity contribution in [1.29, 1.82) is 0 Å². The lowest BCUT2D eigenvalue weighted by molar-refractivity contribution is 0.0731. The molecule has 0 saturated heterocycles. The van der Waals surface area contributed by atoms with Crippen molar-refractivity contribution in [2.75, 3.05) is 0 Å². The number of nitrogens with one attached hydrogen (secondary N) is 1. The van der Waals surface area contributed by atoms with Crippen LogP contribution in [0.15, 0.2) is 84.9 Å². The summed E-state index contributed by atoms with van der Waals surface area (Å²) < 4.78 is 36.0. The van der Waals surface area contributed by atoms with Crippen LogP contribution >= 0.6 is 22.9 Å². The molecule has 6 rings (SSSR count). The zero-order chi connectivity index (χ0) is 29.5. The highest BCUT2D eigenvalue weighted by molar-refractivity contribution is 7.90. The zero-order valence-electron chi connectivity index (χ0n) is 23.1. The molecule has 42 heavy (non-hydrogen) atoms. The number of ether oxygens (including phenoxy) is 1. The molecule has 1 saturated carbocycles. The minimum atomic E-state index is -3.52. The van der Waals surface area contributed by atoms with Crippen molar-refractivity contribution < 1.29 is 18.3 Å². The SMILES string of the molecule is CC(C)(O)c1cc(-c2cccc3cc([C@H](NS(=O)(=O)C4CC4)c4ccccc4Cl)sc23)nnc1OCc1ccccc1. The summed E-state index contributed by atoms with van der Waals surface area (Å²) in [6.45, 7) is 3.67. The van der Waals surface area contributed by atoms with Gasteiger partial charge >= 0.3 is 0 Å². The van der Waals surface area contributed by atoms with E-state index in [1.807, 2.05) is 78.9 Å². The number of thiophene rings is 1. The van der Waals surface area contributed by atoms with Gasteiger partial charge in [-0.05, 0) is 61.4 Å². The molecule has 0 amide bonds. The largest absolute Gasteiger partial charge is 0.471 e. The molecule has 1 aliphatic rings. The Bertz CT molecular complexity index is 1850. The fraction of sp³-hybridized carbons (Fsp3) is 0.250. The Morgan fingerprint density at radius 1 is 1.02 bits per heavy atom. The van der Waals surface area contributed by atoms with E-state index < -0.39 is 21.7 Å². The number of sulfonamides is 1. The number of rotatable bonds is 10. The molecule has 1 aliphatic carbocycles. The summed E-state index contributed by atoms with van der Waals surface area (Å²) in [5.74, 6) is 0.266. The van der Waals surface area contributed by atoms with E-state index in [0.717, 1.165) is 26.1 Å². The van der Waals surface area contributed by atoms with E-state index in [0.29, 0.717) is 41.3 Å². The van der Waals surface area contributed by atoms with Crippen LogP contribution in [0.1, 0.15) is 54.3 Å². The monoisotopic (exact) mass is 619 g/mol. The molecular formula is C32H30ClN3O4S2. The number of fused-ring (bicyclic) bond motifs is 1. The third kappa shape index (κ3) is 6.07. The zero-order valence-corrected chi connectivity index (χ0v) is 25.5. The molecule has 2 heterocycles. The fourth-order valence-electron chi connectivity index (χ4n) is 4.83. The third-order valence-corrected chi connectivity index (χ3v) is 10.7. The first-order valence-electron chi connectivity index (χ1n) is 13.7. The van der Waals surface area contributed by atoms with Crippen LogP contribution in [-0.2, 0) is 22.2 Å². The molecule has 0 bridgehead atoms. The summed E-state index contributed by atoms with van der Waals surface area (Å²) in [6.07, 6.45) is 1.32.